The fourth-order valence-electron chi connectivity index (χ4n) is 4.76. The largest absolute Gasteiger partial charge is 0.508 e. The summed E-state index contributed by atoms with van der Waals surface area (Å²) in [6, 6.07) is 12.7. The van der Waals surface area contributed by atoms with Crippen LogP contribution in [-0.2, 0) is 9.53 Å². The maximum atomic E-state index is 12.5. The molecule has 0 saturated carbocycles. The van der Waals surface area contributed by atoms with Crippen molar-refractivity contribution in [1.29, 1.82) is 0 Å². The van der Waals surface area contributed by atoms with Gasteiger partial charge in [0.1, 0.15) is 11.9 Å². The molecule has 0 aliphatic carbocycles. The Hall–Kier alpha value is -2.99. The van der Waals surface area contributed by atoms with Crippen LogP contribution in [-0.4, -0.2) is 46.9 Å². The molecule has 0 bridgehead atoms. The minimum absolute atomic E-state index is 0.0923. The number of fused-ring (bicyclic) bond motifs is 1. The molecule has 0 radical (unpaired) electrons. The molecule has 2 fully saturated rings. The fraction of sp³-hybridized carbons (Fsp3) is 0.400. The van der Waals surface area contributed by atoms with E-state index >= 15 is 0 Å². The van der Waals surface area contributed by atoms with E-state index in [-0.39, 0.29) is 29.6 Å². The first kappa shape index (κ1) is 21.2. The van der Waals surface area contributed by atoms with Gasteiger partial charge < -0.3 is 19.7 Å². The Labute approximate surface area is 182 Å². The van der Waals surface area contributed by atoms with Crippen molar-refractivity contribution in [2.75, 3.05) is 13.7 Å². The number of hydrogen-bond acceptors (Lipinski definition) is 6. The third-order valence-corrected chi connectivity index (χ3v) is 6.27. The first-order chi connectivity index (χ1) is 15.0. The summed E-state index contributed by atoms with van der Waals surface area (Å²) in [6.07, 6.45) is 7.92. The Bertz CT molecular complexity index is 939. The van der Waals surface area contributed by atoms with Gasteiger partial charge in [0.15, 0.2) is 11.5 Å². The zero-order valence-corrected chi connectivity index (χ0v) is 17.7. The van der Waals surface area contributed by atoms with E-state index in [9.17, 15) is 15.0 Å². The van der Waals surface area contributed by atoms with Gasteiger partial charge >= 0.3 is 5.97 Å². The number of hydrogen-bond donors (Lipinski definition) is 2. The zero-order valence-electron chi connectivity index (χ0n) is 17.7. The van der Waals surface area contributed by atoms with Crippen LogP contribution in [0.3, 0.4) is 0 Å². The quantitative estimate of drug-likeness (QED) is 0.547. The highest BCUT2D eigenvalue weighted by Crippen LogP contribution is 2.41. The smallest absolute Gasteiger partial charge is 0.331 e. The number of phenolic OH excluding ortho intramolecular Hbond substituents is 2. The topological polar surface area (TPSA) is 79.2 Å². The van der Waals surface area contributed by atoms with Crippen LogP contribution in [0.15, 0.2) is 48.5 Å². The van der Waals surface area contributed by atoms with Crippen LogP contribution in [0.1, 0.15) is 49.3 Å². The molecule has 0 amide bonds. The monoisotopic (exact) mass is 423 g/mol. The molecule has 0 spiro atoms. The van der Waals surface area contributed by atoms with E-state index in [2.05, 4.69) is 4.90 Å². The standard InChI is InChI=1S/C25H29NO5/c1-30-24-11-8-18(14-23(24)28)22-16-21(15-19-4-2-3-13-26(19)22)31-25(29)12-7-17-5-9-20(27)10-6-17/h5-12,14,19,21-22,27-28H,2-4,13,15-16H2,1H3/b12-7+/t19-,21-,22-/m1/s1. The summed E-state index contributed by atoms with van der Waals surface area (Å²) in [5, 5.41) is 19.6. The van der Waals surface area contributed by atoms with E-state index < -0.39 is 0 Å². The van der Waals surface area contributed by atoms with Crippen LogP contribution in [0, 0.1) is 0 Å². The Morgan fingerprint density at radius 3 is 2.65 bits per heavy atom. The third kappa shape index (κ3) is 5.02. The van der Waals surface area contributed by atoms with Gasteiger partial charge in [-0.15, -0.1) is 0 Å². The van der Waals surface area contributed by atoms with Gasteiger partial charge in [-0.25, -0.2) is 4.79 Å². The zero-order chi connectivity index (χ0) is 21.8. The maximum absolute atomic E-state index is 12.5. The summed E-state index contributed by atoms with van der Waals surface area (Å²) in [6.45, 7) is 1.02. The van der Waals surface area contributed by atoms with Gasteiger partial charge in [0, 0.05) is 31.0 Å². The molecule has 6 heteroatoms. The number of nitrogens with zero attached hydrogens (tertiary/aromatic N) is 1. The van der Waals surface area contributed by atoms with Crippen molar-refractivity contribution in [1.82, 2.24) is 4.90 Å². The molecule has 2 aliphatic heterocycles. The Morgan fingerprint density at radius 1 is 1.10 bits per heavy atom. The number of phenols is 2. The van der Waals surface area contributed by atoms with Gasteiger partial charge in [-0.3, -0.25) is 4.90 Å². The van der Waals surface area contributed by atoms with Crippen LogP contribution >= 0.6 is 0 Å². The van der Waals surface area contributed by atoms with Crippen molar-refractivity contribution in [3.63, 3.8) is 0 Å². The minimum Gasteiger partial charge on any atom is -0.508 e. The van der Waals surface area contributed by atoms with E-state index in [4.69, 9.17) is 9.47 Å². The molecule has 0 aromatic heterocycles. The summed E-state index contributed by atoms with van der Waals surface area (Å²) >= 11 is 0. The number of esters is 1. The number of methoxy groups -OCH3 is 1. The van der Waals surface area contributed by atoms with Gasteiger partial charge in [-0.1, -0.05) is 24.6 Å². The molecule has 2 aliphatic rings. The van der Waals surface area contributed by atoms with Crippen molar-refractivity contribution in [2.45, 2.75) is 50.3 Å². The SMILES string of the molecule is COc1ccc([C@H]2C[C@H](OC(=O)/C=C/c3ccc(O)cc3)C[C@H]3CCCCN32)cc1O. The number of benzene rings is 2. The van der Waals surface area contributed by atoms with Gasteiger partial charge in [-0.05, 0) is 60.9 Å². The van der Waals surface area contributed by atoms with Crippen molar-refractivity contribution in [3.05, 3.63) is 59.7 Å². The number of carbonyl (C=O) groups is 1. The number of aromatic hydroxyl groups is 2. The summed E-state index contributed by atoms with van der Waals surface area (Å²) in [4.78, 5) is 15.0. The Balaban J connectivity index is 1.47. The number of piperidine rings is 2. The fourth-order valence-corrected chi connectivity index (χ4v) is 4.76. The van der Waals surface area contributed by atoms with Crippen molar-refractivity contribution in [3.8, 4) is 17.2 Å². The predicted molar refractivity (Wildman–Crippen MR) is 118 cm³/mol. The predicted octanol–water partition coefficient (Wildman–Crippen LogP) is 4.42. The van der Waals surface area contributed by atoms with E-state index in [1.165, 1.54) is 19.6 Å². The van der Waals surface area contributed by atoms with Crippen LogP contribution in [0.5, 0.6) is 17.2 Å². The van der Waals surface area contributed by atoms with Crippen molar-refractivity contribution in [2.24, 2.45) is 0 Å². The molecule has 3 atom stereocenters. The molecule has 31 heavy (non-hydrogen) atoms. The van der Waals surface area contributed by atoms with Crippen molar-refractivity contribution >= 4 is 12.0 Å². The molecule has 2 N–H and O–H groups in total. The molecule has 2 heterocycles. The average Bonchev–Trinajstić information content (AvgIpc) is 2.78. The van der Waals surface area contributed by atoms with Crippen LogP contribution in [0.25, 0.3) is 6.08 Å². The lowest BCUT2D eigenvalue weighted by Gasteiger charge is -2.47. The second kappa shape index (κ2) is 9.43. The highest BCUT2D eigenvalue weighted by molar-refractivity contribution is 5.87. The van der Waals surface area contributed by atoms with Crippen molar-refractivity contribution < 1.29 is 24.5 Å². The summed E-state index contributed by atoms with van der Waals surface area (Å²) in [5.41, 5.74) is 1.84. The minimum atomic E-state index is -0.362. The average molecular weight is 424 g/mol. The molecule has 2 saturated heterocycles. The molecule has 2 aromatic carbocycles. The Kier molecular flexibility index (Phi) is 6.47. The molecular weight excluding hydrogens is 394 g/mol. The first-order valence-electron chi connectivity index (χ1n) is 10.8. The van der Waals surface area contributed by atoms with Gasteiger partial charge in [0.25, 0.3) is 0 Å². The summed E-state index contributed by atoms with van der Waals surface area (Å²) in [7, 11) is 1.54. The molecular formula is C25H29NO5. The molecule has 4 rings (SSSR count). The lowest BCUT2D eigenvalue weighted by molar-refractivity contribution is -0.148. The Morgan fingerprint density at radius 2 is 1.90 bits per heavy atom. The third-order valence-electron chi connectivity index (χ3n) is 6.27. The first-order valence-corrected chi connectivity index (χ1v) is 10.8. The van der Waals surface area contributed by atoms with Crippen LogP contribution < -0.4 is 4.74 Å². The van der Waals surface area contributed by atoms with Crippen LogP contribution in [0.4, 0.5) is 0 Å². The molecule has 6 nitrogen and oxygen atoms in total. The van der Waals surface area contributed by atoms with Gasteiger partial charge in [0.2, 0.25) is 0 Å². The summed E-state index contributed by atoms with van der Waals surface area (Å²) in [5.74, 6) is 0.412. The normalized spacial score (nSPS) is 24.0. The van der Waals surface area contributed by atoms with Gasteiger partial charge in [-0.2, -0.15) is 0 Å². The molecule has 0 unspecified atom stereocenters. The second-order valence-corrected chi connectivity index (χ2v) is 8.29. The van der Waals surface area contributed by atoms with E-state index in [1.807, 2.05) is 6.07 Å². The van der Waals surface area contributed by atoms with E-state index in [1.54, 1.807) is 42.5 Å². The van der Waals surface area contributed by atoms with Gasteiger partial charge in [0.05, 0.1) is 7.11 Å². The summed E-state index contributed by atoms with van der Waals surface area (Å²) < 4.78 is 11.0. The number of carbonyl (C=O) groups excluding carboxylic acids is 1. The maximum Gasteiger partial charge on any atom is 0.331 e. The second-order valence-electron chi connectivity index (χ2n) is 8.29. The number of ether oxygens (including phenoxy) is 2. The highest BCUT2D eigenvalue weighted by atomic mass is 16.5. The van der Waals surface area contributed by atoms with E-state index in [0.29, 0.717) is 18.2 Å². The lowest BCUT2D eigenvalue weighted by atomic mass is 9.84. The van der Waals surface area contributed by atoms with Crippen LogP contribution in [0.2, 0.25) is 0 Å². The van der Waals surface area contributed by atoms with E-state index in [0.717, 1.165) is 36.9 Å². The molecule has 164 valence electrons. The lowest BCUT2D eigenvalue weighted by Crippen LogP contribution is -2.49. The molecule has 2 aromatic rings. The number of rotatable bonds is 5. The highest BCUT2D eigenvalue weighted by Gasteiger charge is 2.39.